The lowest BCUT2D eigenvalue weighted by molar-refractivity contribution is 0.470. The van der Waals surface area contributed by atoms with E-state index in [0.717, 1.165) is 18.7 Å². The average Bonchev–Trinajstić information content (AvgIpc) is 3.18. The Morgan fingerprint density at radius 2 is 2.14 bits per heavy atom. The summed E-state index contributed by atoms with van der Waals surface area (Å²) in [5.74, 6) is 1.65. The molecule has 2 heterocycles. The van der Waals surface area contributed by atoms with Crippen LogP contribution in [0, 0.1) is 0 Å². The molecular weight excluding hydrogens is 289 g/mol. The van der Waals surface area contributed by atoms with Crippen molar-refractivity contribution in [3.8, 4) is 0 Å². The molecule has 0 saturated heterocycles. The van der Waals surface area contributed by atoms with E-state index in [9.17, 15) is 4.39 Å². The lowest BCUT2D eigenvalue weighted by Crippen LogP contribution is -2.39. The molecule has 0 unspecified atom stereocenters. The first-order valence-electron chi connectivity index (χ1n) is 7.01. The minimum Gasteiger partial charge on any atom is -0.469 e. The molecule has 2 aromatic heterocycles. The first-order chi connectivity index (χ1) is 10.4. The Balaban J connectivity index is 1.80. The fraction of sp³-hybridized carbons (Fsp3) is 0.400. The van der Waals surface area contributed by atoms with Crippen molar-refractivity contribution in [1.82, 2.24) is 10.6 Å². The Kier molecular flexibility index (Phi) is 6.80. The van der Waals surface area contributed by atoms with Crippen LogP contribution in [0.15, 0.2) is 45.3 Å². The number of furan rings is 1. The van der Waals surface area contributed by atoms with Crippen LogP contribution in [0.3, 0.4) is 0 Å². The van der Waals surface area contributed by atoms with E-state index in [4.69, 9.17) is 4.42 Å². The summed E-state index contributed by atoms with van der Waals surface area (Å²) in [5, 5.41) is 8.41. The van der Waals surface area contributed by atoms with E-state index >= 15 is 0 Å². The van der Waals surface area contributed by atoms with Crippen molar-refractivity contribution >= 4 is 17.3 Å². The maximum atomic E-state index is 12.2. The van der Waals surface area contributed by atoms with E-state index in [1.54, 1.807) is 17.6 Å². The highest BCUT2D eigenvalue weighted by molar-refractivity contribution is 7.09. The lowest BCUT2D eigenvalue weighted by atomic mass is 10.3. The number of hydrogen-bond acceptors (Lipinski definition) is 3. The molecule has 0 fully saturated rings. The zero-order chi connectivity index (χ0) is 14.8. The molecular formula is C15H20FN3OS. The molecule has 21 heavy (non-hydrogen) atoms. The van der Waals surface area contributed by atoms with Crippen LogP contribution < -0.4 is 10.6 Å². The number of nitrogens with one attached hydrogen (secondary N) is 2. The van der Waals surface area contributed by atoms with E-state index < -0.39 is 0 Å². The Morgan fingerprint density at radius 1 is 1.24 bits per heavy atom. The maximum Gasteiger partial charge on any atom is 0.191 e. The smallest absolute Gasteiger partial charge is 0.191 e. The van der Waals surface area contributed by atoms with Gasteiger partial charge in [-0.2, -0.15) is 0 Å². The van der Waals surface area contributed by atoms with E-state index in [-0.39, 0.29) is 6.67 Å². The average molecular weight is 309 g/mol. The van der Waals surface area contributed by atoms with Gasteiger partial charge >= 0.3 is 0 Å². The zero-order valence-electron chi connectivity index (χ0n) is 11.8. The SMILES string of the molecule is FCCCNC(=NCc1cccs1)NCCc1ccco1. The molecule has 2 N–H and O–H groups in total. The third-order valence-corrected chi connectivity index (χ3v) is 3.68. The second-order valence-corrected chi connectivity index (χ2v) is 5.50. The van der Waals surface area contributed by atoms with Gasteiger partial charge in [-0.15, -0.1) is 11.3 Å². The van der Waals surface area contributed by atoms with Crippen LogP contribution >= 0.6 is 11.3 Å². The quantitative estimate of drug-likeness (QED) is 0.448. The molecule has 2 rings (SSSR count). The zero-order valence-corrected chi connectivity index (χ0v) is 12.7. The molecule has 0 aromatic carbocycles. The van der Waals surface area contributed by atoms with Crippen LogP contribution in [-0.2, 0) is 13.0 Å². The van der Waals surface area contributed by atoms with E-state index in [1.807, 2.05) is 23.6 Å². The number of rotatable bonds is 8. The molecule has 0 aliphatic rings. The van der Waals surface area contributed by atoms with E-state index in [2.05, 4.69) is 21.7 Å². The van der Waals surface area contributed by atoms with Crippen molar-refractivity contribution in [2.45, 2.75) is 19.4 Å². The van der Waals surface area contributed by atoms with Gasteiger partial charge in [0.15, 0.2) is 5.96 Å². The number of thiophene rings is 1. The van der Waals surface area contributed by atoms with Crippen molar-refractivity contribution in [2.75, 3.05) is 19.8 Å². The van der Waals surface area contributed by atoms with Gasteiger partial charge in [0.1, 0.15) is 5.76 Å². The van der Waals surface area contributed by atoms with Gasteiger partial charge in [0.05, 0.1) is 19.5 Å². The summed E-state index contributed by atoms with van der Waals surface area (Å²) < 4.78 is 17.5. The van der Waals surface area contributed by atoms with Gasteiger partial charge in [0.25, 0.3) is 0 Å². The molecule has 0 saturated carbocycles. The second-order valence-electron chi connectivity index (χ2n) is 4.47. The number of alkyl halides is 1. The summed E-state index contributed by atoms with van der Waals surface area (Å²) in [6.07, 6.45) is 2.94. The topological polar surface area (TPSA) is 49.6 Å². The fourth-order valence-electron chi connectivity index (χ4n) is 1.77. The van der Waals surface area contributed by atoms with Gasteiger partial charge in [0.2, 0.25) is 0 Å². The largest absolute Gasteiger partial charge is 0.469 e. The van der Waals surface area contributed by atoms with Gasteiger partial charge in [-0.05, 0) is 30.0 Å². The molecule has 0 amide bonds. The summed E-state index contributed by atoms with van der Waals surface area (Å²) in [4.78, 5) is 5.71. The number of nitrogens with zero attached hydrogens (tertiary/aromatic N) is 1. The van der Waals surface area contributed by atoms with Crippen molar-refractivity contribution in [1.29, 1.82) is 0 Å². The van der Waals surface area contributed by atoms with Crippen LogP contribution in [-0.4, -0.2) is 25.7 Å². The summed E-state index contributed by atoms with van der Waals surface area (Å²) >= 11 is 1.68. The Bertz CT molecular complexity index is 511. The van der Waals surface area contributed by atoms with Crippen LogP contribution in [0.1, 0.15) is 17.1 Å². The Hall–Kier alpha value is -1.82. The summed E-state index contributed by atoms with van der Waals surface area (Å²) in [5.41, 5.74) is 0. The first-order valence-corrected chi connectivity index (χ1v) is 7.89. The third-order valence-electron chi connectivity index (χ3n) is 2.82. The van der Waals surface area contributed by atoms with Gasteiger partial charge in [-0.3, -0.25) is 4.39 Å². The fourth-order valence-corrected chi connectivity index (χ4v) is 2.39. The molecule has 6 heteroatoms. The third kappa shape index (κ3) is 5.99. The molecule has 0 radical (unpaired) electrons. The van der Waals surface area contributed by atoms with Gasteiger partial charge in [0, 0.05) is 24.4 Å². The minimum absolute atomic E-state index is 0.322. The summed E-state index contributed by atoms with van der Waals surface area (Å²) in [6.45, 7) is 1.61. The van der Waals surface area contributed by atoms with Gasteiger partial charge in [-0.25, -0.2) is 4.99 Å². The molecule has 0 aliphatic heterocycles. The van der Waals surface area contributed by atoms with Crippen molar-refractivity contribution in [2.24, 2.45) is 4.99 Å². The first kappa shape index (κ1) is 15.6. The van der Waals surface area contributed by atoms with Crippen molar-refractivity contribution in [3.05, 3.63) is 46.5 Å². The predicted octanol–water partition coefficient (Wildman–Crippen LogP) is 2.98. The molecule has 0 aliphatic carbocycles. The molecule has 0 atom stereocenters. The van der Waals surface area contributed by atoms with Crippen LogP contribution in [0.25, 0.3) is 0 Å². The molecule has 114 valence electrons. The van der Waals surface area contributed by atoms with Crippen LogP contribution in [0.4, 0.5) is 4.39 Å². The highest BCUT2D eigenvalue weighted by atomic mass is 32.1. The van der Waals surface area contributed by atoms with E-state index in [0.29, 0.717) is 25.5 Å². The number of halogens is 1. The highest BCUT2D eigenvalue weighted by Crippen LogP contribution is 2.09. The van der Waals surface area contributed by atoms with Gasteiger partial charge < -0.3 is 15.1 Å². The lowest BCUT2D eigenvalue weighted by Gasteiger charge is -2.11. The molecule has 0 spiro atoms. The highest BCUT2D eigenvalue weighted by Gasteiger charge is 2.01. The second kappa shape index (κ2) is 9.18. The summed E-state index contributed by atoms with van der Waals surface area (Å²) in [6, 6.07) is 7.88. The Labute approximate surface area is 128 Å². The number of hydrogen-bond donors (Lipinski definition) is 2. The molecule has 0 bridgehead atoms. The number of aliphatic imine (C=N–C) groups is 1. The monoisotopic (exact) mass is 309 g/mol. The van der Waals surface area contributed by atoms with Crippen LogP contribution in [0.5, 0.6) is 0 Å². The van der Waals surface area contributed by atoms with Gasteiger partial charge in [-0.1, -0.05) is 6.07 Å². The maximum absolute atomic E-state index is 12.2. The van der Waals surface area contributed by atoms with Crippen LogP contribution in [0.2, 0.25) is 0 Å². The Morgan fingerprint density at radius 3 is 2.86 bits per heavy atom. The minimum atomic E-state index is -0.322. The summed E-state index contributed by atoms with van der Waals surface area (Å²) in [7, 11) is 0. The molecule has 4 nitrogen and oxygen atoms in total. The standard InChI is InChI=1S/C15H20FN3OS/c16-7-3-8-17-15(19-12-14-5-2-11-21-14)18-9-6-13-4-1-10-20-13/h1-2,4-5,10-11H,3,6-9,12H2,(H2,17,18,19). The van der Waals surface area contributed by atoms with Crippen molar-refractivity contribution < 1.29 is 8.81 Å². The van der Waals surface area contributed by atoms with Crippen molar-refractivity contribution in [3.63, 3.8) is 0 Å². The van der Waals surface area contributed by atoms with E-state index in [1.165, 1.54) is 4.88 Å². The number of guanidine groups is 1. The molecule has 2 aromatic rings. The predicted molar refractivity (Wildman–Crippen MR) is 84.5 cm³/mol. The normalized spacial score (nSPS) is 11.6.